The fraction of sp³-hybridized carbons (Fsp3) is 0.941. The molecule has 0 aromatic rings. The van der Waals surface area contributed by atoms with Crippen molar-refractivity contribution in [3.8, 4) is 0 Å². The molecule has 0 aliphatic heterocycles. The summed E-state index contributed by atoms with van der Waals surface area (Å²) < 4.78 is 0. The lowest BCUT2D eigenvalue weighted by Crippen LogP contribution is -2.68. The molecule has 1 amide bonds. The van der Waals surface area contributed by atoms with Crippen molar-refractivity contribution in [2.75, 3.05) is 0 Å². The molecule has 3 N–H and O–H groups in total. The van der Waals surface area contributed by atoms with Crippen LogP contribution in [-0.2, 0) is 4.79 Å². The summed E-state index contributed by atoms with van der Waals surface area (Å²) in [5.41, 5.74) is 6.70. The summed E-state index contributed by atoms with van der Waals surface area (Å²) in [6.07, 6.45) is 13.2. The molecule has 0 aromatic carbocycles. The first kappa shape index (κ1) is 13.1. The van der Waals surface area contributed by atoms with Gasteiger partial charge in [0.2, 0.25) is 5.91 Å². The molecule has 4 bridgehead atoms. The summed E-state index contributed by atoms with van der Waals surface area (Å²) >= 11 is 0. The lowest BCUT2D eigenvalue weighted by molar-refractivity contribution is -0.132. The molecule has 0 radical (unpaired) electrons. The summed E-state index contributed by atoms with van der Waals surface area (Å²) in [7, 11) is 0. The highest BCUT2D eigenvalue weighted by atomic mass is 16.2. The van der Waals surface area contributed by atoms with Gasteiger partial charge in [-0.3, -0.25) is 4.79 Å². The Kier molecular flexibility index (Phi) is 2.93. The van der Waals surface area contributed by atoms with E-state index in [0.717, 1.165) is 31.1 Å². The minimum Gasteiger partial charge on any atom is -0.350 e. The second-order valence-electron chi connectivity index (χ2n) is 8.43. The quantitative estimate of drug-likeness (QED) is 0.815. The fourth-order valence-electron chi connectivity index (χ4n) is 6.21. The van der Waals surface area contributed by atoms with Gasteiger partial charge in [-0.25, -0.2) is 0 Å². The van der Waals surface area contributed by atoms with Gasteiger partial charge in [0.25, 0.3) is 0 Å². The Bertz CT molecular complexity index is 399. The molecule has 3 heteroatoms. The topological polar surface area (TPSA) is 55.1 Å². The lowest BCUT2D eigenvalue weighted by Gasteiger charge is -2.61. The molecule has 5 saturated carbocycles. The summed E-state index contributed by atoms with van der Waals surface area (Å²) in [6.45, 7) is 0. The van der Waals surface area contributed by atoms with Crippen molar-refractivity contribution < 1.29 is 4.79 Å². The molecule has 20 heavy (non-hydrogen) atoms. The van der Waals surface area contributed by atoms with Gasteiger partial charge in [-0.05, 0) is 63.2 Å². The van der Waals surface area contributed by atoms with Crippen molar-refractivity contribution in [2.45, 2.75) is 81.7 Å². The third-order valence-electron chi connectivity index (χ3n) is 6.47. The predicted molar refractivity (Wildman–Crippen MR) is 79.0 cm³/mol. The number of nitrogens with one attached hydrogen (secondary N) is 1. The molecule has 0 saturated heterocycles. The molecular weight excluding hydrogens is 248 g/mol. The Morgan fingerprint density at radius 2 is 1.65 bits per heavy atom. The predicted octanol–water partition coefficient (Wildman–Crippen LogP) is 2.73. The largest absolute Gasteiger partial charge is 0.350 e. The third kappa shape index (κ3) is 2.18. The van der Waals surface area contributed by atoms with E-state index in [9.17, 15) is 4.79 Å². The third-order valence-corrected chi connectivity index (χ3v) is 6.47. The Hall–Kier alpha value is -0.570. The summed E-state index contributed by atoms with van der Waals surface area (Å²) in [4.78, 5) is 12.6. The molecule has 0 aromatic heterocycles. The van der Waals surface area contributed by atoms with E-state index < -0.39 is 0 Å². The molecule has 5 aliphatic carbocycles. The van der Waals surface area contributed by atoms with Crippen LogP contribution in [-0.4, -0.2) is 17.0 Å². The van der Waals surface area contributed by atoms with E-state index in [4.69, 9.17) is 5.73 Å². The van der Waals surface area contributed by atoms with E-state index in [1.165, 1.54) is 51.4 Å². The normalized spacial score (nSPS) is 47.5. The zero-order chi connectivity index (χ0) is 13.8. The first-order valence-corrected chi connectivity index (χ1v) is 8.67. The average Bonchev–Trinajstić information content (AvgIpc) is 2.36. The second-order valence-corrected chi connectivity index (χ2v) is 8.43. The van der Waals surface area contributed by atoms with E-state index in [-0.39, 0.29) is 17.0 Å². The monoisotopic (exact) mass is 276 g/mol. The summed E-state index contributed by atoms with van der Waals surface area (Å²) in [5, 5.41) is 3.50. The first-order valence-electron chi connectivity index (χ1n) is 8.67. The van der Waals surface area contributed by atoms with E-state index in [0.29, 0.717) is 5.91 Å². The number of rotatable bonds is 2. The van der Waals surface area contributed by atoms with Crippen LogP contribution >= 0.6 is 0 Å². The maximum absolute atomic E-state index is 12.6. The van der Waals surface area contributed by atoms with E-state index in [2.05, 4.69) is 5.32 Å². The van der Waals surface area contributed by atoms with Gasteiger partial charge in [-0.2, -0.15) is 0 Å². The molecule has 5 rings (SSSR count). The number of nitrogens with two attached hydrogens (primary N) is 1. The van der Waals surface area contributed by atoms with Crippen LogP contribution in [0.1, 0.15) is 70.6 Å². The van der Waals surface area contributed by atoms with E-state index >= 15 is 0 Å². The maximum atomic E-state index is 12.6. The molecule has 5 aliphatic rings. The zero-order valence-electron chi connectivity index (χ0n) is 12.5. The van der Waals surface area contributed by atoms with Gasteiger partial charge < -0.3 is 11.1 Å². The summed E-state index contributed by atoms with van der Waals surface area (Å²) in [5.74, 6) is 2.17. The Balaban J connectivity index is 1.49. The Morgan fingerprint density at radius 3 is 2.25 bits per heavy atom. The van der Waals surface area contributed by atoms with Crippen LogP contribution < -0.4 is 11.1 Å². The van der Waals surface area contributed by atoms with Crippen molar-refractivity contribution in [2.24, 2.45) is 23.5 Å². The average molecular weight is 276 g/mol. The molecule has 0 heterocycles. The van der Waals surface area contributed by atoms with Gasteiger partial charge in [-0.15, -0.1) is 0 Å². The van der Waals surface area contributed by atoms with Gasteiger partial charge in [0.1, 0.15) is 0 Å². The van der Waals surface area contributed by atoms with Crippen LogP contribution in [0.2, 0.25) is 0 Å². The standard InChI is InChI=1S/C17H28N2O/c18-16-7-12-6-13(8-16)10-17(9-12,11-16)19-15(20)14-4-2-1-3-5-14/h12-14H,1-11,18H2,(H,19,20). The van der Waals surface area contributed by atoms with Gasteiger partial charge in [0, 0.05) is 17.0 Å². The molecule has 3 nitrogen and oxygen atoms in total. The van der Waals surface area contributed by atoms with Gasteiger partial charge in [0.15, 0.2) is 0 Å². The van der Waals surface area contributed by atoms with Gasteiger partial charge in [-0.1, -0.05) is 19.3 Å². The minimum absolute atomic E-state index is 0.0317. The molecular formula is C17H28N2O. The van der Waals surface area contributed by atoms with Gasteiger partial charge in [0.05, 0.1) is 0 Å². The number of carbonyl (C=O) groups excluding carboxylic acids is 1. The number of hydrogen-bond donors (Lipinski definition) is 2. The lowest BCUT2D eigenvalue weighted by atomic mass is 9.50. The highest BCUT2D eigenvalue weighted by molar-refractivity contribution is 5.79. The number of amides is 1. The SMILES string of the molecule is NC12CC3CC(C1)CC(NC(=O)C1CCCCC1)(C3)C2. The molecule has 0 spiro atoms. The highest BCUT2D eigenvalue weighted by Gasteiger charge is 2.56. The second kappa shape index (κ2) is 4.46. The smallest absolute Gasteiger partial charge is 0.223 e. The summed E-state index contributed by atoms with van der Waals surface area (Å²) in [6, 6.07) is 0. The van der Waals surface area contributed by atoms with E-state index in [1.807, 2.05) is 0 Å². The van der Waals surface area contributed by atoms with Crippen molar-refractivity contribution in [1.29, 1.82) is 0 Å². The Labute approximate surface area is 122 Å². The fourth-order valence-corrected chi connectivity index (χ4v) is 6.21. The van der Waals surface area contributed by atoms with Crippen molar-refractivity contribution >= 4 is 5.91 Å². The van der Waals surface area contributed by atoms with Crippen LogP contribution in [0.3, 0.4) is 0 Å². The zero-order valence-corrected chi connectivity index (χ0v) is 12.5. The number of hydrogen-bond acceptors (Lipinski definition) is 2. The van der Waals surface area contributed by atoms with Crippen LogP contribution in [0.5, 0.6) is 0 Å². The van der Waals surface area contributed by atoms with Crippen molar-refractivity contribution in [3.05, 3.63) is 0 Å². The van der Waals surface area contributed by atoms with Crippen LogP contribution in [0.25, 0.3) is 0 Å². The molecule has 2 unspecified atom stereocenters. The highest BCUT2D eigenvalue weighted by Crippen LogP contribution is 2.56. The minimum atomic E-state index is 0.0317. The van der Waals surface area contributed by atoms with Crippen molar-refractivity contribution in [3.63, 3.8) is 0 Å². The maximum Gasteiger partial charge on any atom is 0.223 e. The molecule has 2 atom stereocenters. The Morgan fingerprint density at radius 1 is 1.00 bits per heavy atom. The first-order chi connectivity index (χ1) is 9.56. The molecule has 112 valence electrons. The van der Waals surface area contributed by atoms with E-state index in [1.54, 1.807) is 0 Å². The number of carbonyl (C=O) groups is 1. The van der Waals surface area contributed by atoms with Crippen LogP contribution in [0.4, 0.5) is 0 Å². The van der Waals surface area contributed by atoms with Gasteiger partial charge >= 0.3 is 0 Å². The van der Waals surface area contributed by atoms with Crippen LogP contribution in [0, 0.1) is 17.8 Å². The van der Waals surface area contributed by atoms with Crippen LogP contribution in [0.15, 0.2) is 0 Å². The molecule has 5 fully saturated rings. The van der Waals surface area contributed by atoms with Crippen molar-refractivity contribution in [1.82, 2.24) is 5.32 Å².